The smallest absolute Gasteiger partial charge is 0.213 e. The third kappa shape index (κ3) is 4.00. The van der Waals surface area contributed by atoms with Crippen molar-refractivity contribution in [1.82, 2.24) is 10.3 Å². The Labute approximate surface area is 105 Å². The van der Waals surface area contributed by atoms with E-state index in [4.69, 9.17) is 4.74 Å². The van der Waals surface area contributed by atoms with Crippen molar-refractivity contribution in [1.29, 1.82) is 0 Å². The van der Waals surface area contributed by atoms with Crippen LogP contribution >= 0.6 is 0 Å². The molecule has 1 heterocycles. The minimum absolute atomic E-state index is 0.404. The van der Waals surface area contributed by atoms with Crippen LogP contribution in [0.25, 0.3) is 0 Å². The minimum Gasteiger partial charge on any atom is -0.481 e. The van der Waals surface area contributed by atoms with Gasteiger partial charge in [0.25, 0.3) is 0 Å². The van der Waals surface area contributed by atoms with E-state index in [0.29, 0.717) is 17.8 Å². The van der Waals surface area contributed by atoms with Crippen molar-refractivity contribution in [3.63, 3.8) is 0 Å². The van der Waals surface area contributed by atoms with Crippen molar-refractivity contribution in [2.45, 2.75) is 45.6 Å². The van der Waals surface area contributed by atoms with Crippen LogP contribution in [0.1, 0.15) is 45.2 Å². The van der Waals surface area contributed by atoms with Gasteiger partial charge in [-0.25, -0.2) is 4.98 Å². The summed E-state index contributed by atoms with van der Waals surface area (Å²) >= 11 is 0. The number of methoxy groups -OCH3 is 1. The summed E-state index contributed by atoms with van der Waals surface area (Å²) in [6.07, 6.45) is 2.27. The maximum absolute atomic E-state index is 5.17. The summed E-state index contributed by atoms with van der Waals surface area (Å²) in [5.41, 5.74) is 1.10. The van der Waals surface area contributed by atoms with Crippen LogP contribution in [0, 0.1) is 0 Å². The van der Waals surface area contributed by atoms with E-state index in [1.165, 1.54) is 0 Å². The SMILES string of the molecule is CCCNC(CC)C(C)c1cccc(OC)n1. The van der Waals surface area contributed by atoms with Crippen molar-refractivity contribution in [2.75, 3.05) is 13.7 Å². The highest BCUT2D eigenvalue weighted by molar-refractivity contribution is 5.19. The van der Waals surface area contributed by atoms with E-state index < -0.39 is 0 Å². The number of aromatic nitrogens is 1. The maximum Gasteiger partial charge on any atom is 0.213 e. The van der Waals surface area contributed by atoms with Gasteiger partial charge in [-0.1, -0.05) is 26.8 Å². The van der Waals surface area contributed by atoms with Crippen LogP contribution in [-0.2, 0) is 0 Å². The molecule has 2 atom stereocenters. The van der Waals surface area contributed by atoms with Crippen molar-refractivity contribution in [3.8, 4) is 5.88 Å². The molecule has 0 saturated carbocycles. The largest absolute Gasteiger partial charge is 0.481 e. The van der Waals surface area contributed by atoms with E-state index in [-0.39, 0.29) is 0 Å². The summed E-state index contributed by atoms with van der Waals surface area (Å²) in [7, 11) is 1.66. The predicted octanol–water partition coefficient (Wildman–Crippen LogP) is 2.97. The number of hydrogen-bond acceptors (Lipinski definition) is 3. The van der Waals surface area contributed by atoms with E-state index in [1.807, 2.05) is 12.1 Å². The summed E-state index contributed by atoms with van der Waals surface area (Å²) in [5, 5.41) is 3.57. The zero-order chi connectivity index (χ0) is 12.7. The molecule has 0 saturated heterocycles. The Bertz CT molecular complexity index is 328. The Morgan fingerprint density at radius 1 is 1.35 bits per heavy atom. The van der Waals surface area contributed by atoms with Gasteiger partial charge in [-0.3, -0.25) is 0 Å². The highest BCUT2D eigenvalue weighted by atomic mass is 16.5. The van der Waals surface area contributed by atoms with Crippen molar-refractivity contribution >= 4 is 0 Å². The second kappa shape index (κ2) is 7.28. The van der Waals surface area contributed by atoms with Crippen LogP contribution in [0.15, 0.2) is 18.2 Å². The average molecular weight is 236 g/mol. The first-order chi connectivity index (χ1) is 8.22. The molecular weight excluding hydrogens is 212 g/mol. The topological polar surface area (TPSA) is 34.1 Å². The molecule has 1 aromatic heterocycles. The summed E-state index contributed by atoms with van der Waals surface area (Å²) < 4.78 is 5.17. The first-order valence-electron chi connectivity index (χ1n) is 6.47. The molecule has 17 heavy (non-hydrogen) atoms. The van der Waals surface area contributed by atoms with Gasteiger partial charge in [-0.2, -0.15) is 0 Å². The molecule has 0 fully saturated rings. The standard InChI is InChI=1S/C14H24N2O/c1-5-10-15-12(6-2)11(3)13-8-7-9-14(16-13)17-4/h7-9,11-12,15H,5-6,10H2,1-4H3. The maximum atomic E-state index is 5.17. The summed E-state index contributed by atoms with van der Waals surface area (Å²) in [5.74, 6) is 1.10. The van der Waals surface area contributed by atoms with Gasteiger partial charge in [0, 0.05) is 23.7 Å². The Balaban J connectivity index is 2.74. The van der Waals surface area contributed by atoms with Crippen LogP contribution in [0.4, 0.5) is 0 Å². The molecule has 1 rings (SSSR count). The molecule has 0 bridgehead atoms. The fourth-order valence-corrected chi connectivity index (χ4v) is 2.01. The quantitative estimate of drug-likeness (QED) is 0.790. The molecular formula is C14H24N2O. The Morgan fingerprint density at radius 3 is 2.71 bits per heavy atom. The number of rotatable bonds is 7. The third-order valence-electron chi connectivity index (χ3n) is 3.12. The molecule has 1 aromatic rings. The van der Waals surface area contributed by atoms with Crippen molar-refractivity contribution in [3.05, 3.63) is 23.9 Å². The van der Waals surface area contributed by atoms with E-state index in [1.54, 1.807) is 7.11 Å². The predicted molar refractivity (Wildman–Crippen MR) is 71.6 cm³/mol. The van der Waals surface area contributed by atoms with Gasteiger partial charge >= 0.3 is 0 Å². The number of nitrogens with one attached hydrogen (secondary N) is 1. The zero-order valence-electron chi connectivity index (χ0n) is 11.4. The lowest BCUT2D eigenvalue weighted by Crippen LogP contribution is -2.34. The van der Waals surface area contributed by atoms with Gasteiger partial charge in [0.15, 0.2) is 0 Å². The summed E-state index contributed by atoms with van der Waals surface area (Å²) in [6, 6.07) is 6.44. The molecule has 96 valence electrons. The van der Waals surface area contributed by atoms with Crippen molar-refractivity contribution < 1.29 is 4.74 Å². The van der Waals surface area contributed by atoms with Crippen LogP contribution in [-0.4, -0.2) is 24.7 Å². The average Bonchev–Trinajstić information content (AvgIpc) is 2.39. The Morgan fingerprint density at radius 2 is 2.12 bits per heavy atom. The molecule has 3 heteroatoms. The first-order valence-corrected chi connectivity index (χ1v) is 6.47. The second-order valence-corrected chi connectivity index (χ2v) is 4.36. The second-order valence-electron chi connectivity index (χ2n) is 4.36. The number of hydrogen-bond donors (Lipinski definition) is 1. The first kappa shape index (κ1) is 14.0. The van der Waals surface area contributed by atoms with Crippen LogP contribution in [0.5, 0.6) is 5.88 Å². The fourth-order valence-electron chi connectivity index (χ4n) is 2.01. The van der Waals surface area contributed by atoms with Crippen LogP contribution in [0.2, 0.25) is 0 Å². The van der Waals surface area contributed by atoms with Crippen LogP contribution in [0.3, 0.4) is 0 Å². The fraction of sp³-hybridized carbons (Fsp3) is 0.643. The molecule has 0 aliphatic rings. The van der Waals surface area contributed by atoms with Gasteiger partial charge in [0.2, 0.25) is 5.88 Å². The number of ether oxygens (including phenoxy) is 1. The molecule has 0 aromatic carbocycles. The van der Waals surface area contributed by atoms with E-state index in [9.17, 15) is 0 Å². The lowest BCUT2D eigenvalue weighted by Gasteiger charge is -2.23. The Kier molecular flexibility index (Phi) is 5.98. The van der Waals surface area contributed by atoms with Gasteiger partial charge in [-0.05, 0) is 25.5 Å². The highest BCUT2D eigenvalue weighted by Crippen LogP contribution is 2.21. The molecule has 0 radical (unpaired) electrons. The molecule has 0 aliphatic heterocycles. The highest BCUT2D eigenvalue weighted by Gasteiger charge is 2.17. The minimum atomic E-state index is 0.404. The summed E-state index contributed by atoms with van der Waals surface area (Å²) in [6.45, 7) is 7.68. The molecule has 0 amide bonds. The third-order valence-corrected chi connectivity index (χ3v) is 3.12. The molecule has 3 nitrogen and oxygen atoms in total. The lowest BCUT2D eigenvalue weighted by atomic mass is 9.95. The monoisotopic (exact) mass is 236 g/mol. The van der Waals surface area contributed by atoms with Gasteiger partial charge in [0.1, 0.15) is 0 Å². The van der Waals surface area contributed by atoms with Gasteiger partial charge in [-0.15, -0.1) is 0 Å². The normalized spacial score (nSPS) is 14.4. The zero-order valence-corrected chi connectivity index (χ0v) is 11.4. The van der Waals surface area contributed by atoms with Gasteiger partial charge in [0.05, 0.1) is 7.11 Å². The molecule has 0 spiro atoms. The van der Waals surface area contributed by atoms with Gasteiger partial charge < -0.3 is 10.1 Å². The van der Waals surface area contributed by atoms with E-state index in [0.717, 1.165) is 25.1 Å². The number of pyridine rings is 1. The number of nitrogens with zero attached hydrogens (tertiary/aromatic N) is 1. The molecule has 0 aliphatic carbocycles. The van der Waals surface area contributed by atoms with Crippen LogP contribution < -0.4 is 10.1 Å². The van der Waals surface area contributed by atoms with E-state index in [2.05, 4.69) is 37.1 Å². The molecule has 1 N–H and O–H groups in total. The lowest BCUT2D eigenvalue weighted by molar-refractivity contribution is 0.388. The summed E-state index contributed by atoms with van der Waals surface area (Å²) in [4.78, 5) is 4.51. The Hall–Kier alpha value is -1.09. The van der Waals surface area contributed by atoms with E-state index >= 15 is 0 Å². The molecule has 2 unspecified atom stereocenters. The van der Waals surface area contributed by atoms with Crippen molar-refractivity contribution in [2.24, 2.45) is 0 Å².